The van der Waals surface area contributed by atoms with Crippen molar-refractivity contribution in [3.63, 3.8) is 0 Å². The minimum atomic E-state index is -3.69. The molecule has 0 aliphatic carbocycles. The first-order valence-corrected chi connectivity index (χ1v) is 8.77. The van der Waals surface area contributed by atoms with Crippen molar-refractivity contribution < 1.29 is 8.42 Å². The third kappa shape index (κ3) is 4.49. The highest BCUT2D eigenvalue weighted by atomic mass is 32.2. The third-order valence-corrected chi connectivity index (χ3v) is 4.57. The van der Waals surface area contributed by atoms with Crippen molar-refractivity contribution in [1.82, 2.24) is 14.8 Å². The lowest BCUT2D eigenvalue weighted by atomic mass is 9.87. The van der Waals surface area contributed by atoms with E-state index in [9.17, 15) is 8.42 Å². The molecule has 7 heteroatoms. The van der Waals surface area contributed by atoms with Gasteiger partial charge in [0.05, 0.1) is 4.90 Å². The molecular weight excluding hydrogens is 312 g/mol. The molecule has 6 nitrogen and oxygen atoms in total. The predicted octanol–water partition coefficient (Wildman–Crippen LogP) is 2.70. The van der Waals surface area contributed by atoms with Crippen LogP contribution in [0, 0.1) is 13.8 Å². The Morgan fingerprint density at radius 1 is 0.957 bits per heavy atom. The van der Waals surface area contributed by atoms with Crippen molar-refractivity contribution in [2.45, 2.75) is 44.9 Å². The van der Waals surface area contributed by atoms with Crippen molar-refractivity contribution in [3.8, 4) is 0 Å². The van der Waals surface area contributed by atoms with Crippen LogP contribution in [-0.4, -0.2) is 18.4 Å². The van der Waals surface area contributed by atoms with Gasteiger partial charge in [-0.3, -0.25) is 5.43 Å². The number of aryl methyl sites for hydroxylation is 2. The zero-order chi connectivity index (χ0) is 17.3. The third-order valence-electron chi connectivity index (χ3n) is 3.31. The summed E-state index contributed by atoms with van der Waals surface area (Å²) in [6, 6.07) is 8.63. The van der Waals surface area contributed by atoms with Gasteiger partial charge in [0.2, 0.25) is 5.95 Å². The molecule has 1 aromatic heterocycles. The lowest BCUT2D eigenvalue weighted by molar-refractivity contribution is 0.582. The molecule has 0 fully saturated rings. The van der Waals surface area contributed by atoms with Crippen molar-refractivity contribution in [1.29, 1.82) is 0 Å². The lowest BCUT2D eigenvalue weighted by Gasteiger charge is -2.19. The van der Waals surface area contributed by atoms with Crippen molar-refractivity contribution >= 4 is 16.0 Å². The molecule has 2 aromatic rings. The van der Waals surface area contributed by atoms with E-state index in [0.29, 0.717) is 0 Å². The standard InChI is InChI=1S/C16H22N4O2S/c1-11-10-12(2)18-15(17-11)19-20-23(21,22)14-8-6-13(7-9-14)16(3,4)5/h6-10,20H,1-5H3,(H,17,18,19). The van der Waals surface area contributed by atoms with Crippen LogP contribution in [0.4, 0.5) is 5.95 Å². The molecule has 0 radical (unpaired) electrons. The summed E-state index contributed by atoms with van der Waals surface area (Å²) in [6.07, 6.45) is 0. The molecule has 0 saturated heterocycles. The normalized spacial score (nSPS) is 12.2. The van der Waals surface area contributed by atoms with Crippen LogP contribution in [0.1, 0.15) is 37.7 Å². The fourth-order valence-electron chi connectivity index (χ4n) is 2.09. The van der Waals surface area contributed by atoms with Gasteiger partial charge in [0.1, 0.15) is 0 Å². The number of hydrogen-bond donors (Lipinski definition) is 2. The SMILES string of the molecule is Cc1cc(C)nc(NNS(=O)(=O)c2ccc(C(C)(C)C)cc2)n1. The average molecular weight is 334 g/mol. The first-order chi connectivity index (χ1) is 10.6. The predicted molar refractivity (Wildman–Crippen MR) is 90.6 cm³/mol. The zero-order valence-corrected chi connectivity index (χ0v) is 14.8. The average Bonchev–Trinajstić information content (AvgIpc) is 2.43. The highest BCUT2D eigenvalue weighted by Crippen LogP contribution is 2.23. The van der Waals surface area contributed by atoms with Crippen molar-refractivity contribution in [3.05, 3.63) is 47.3 Å². The van der Waals surface area contributed by atoms with Crippen molar-refractivity contribution in [2.24, 2.45) is 0 Å². The Hall–Kier alpha value is -1.99. The van der Waals surface area contributed by atoms with E-state index in [1.807, 2.05) is 32.0 Å². The highest BCUT2D eigenvalue weighted by Gasteiger charge is 2.17. The Morgan fingerprint density at radius 2 is 1.48 bits per heavy atom. The molecule has 1 aromatic carbocycles. The summed E-state index contributed by atoms with van der Waals surface area (Å²) in [7, 11) is -3.69. The largest absolute Gasteiger partial charge is 0.276 e. The first kappa shape index (κ1) is 17.4. The fraction of sp³-hybridized carbons (Fsp3) is 0.375. The molecular formula is C16H22N4O2S. The van der Waals surface area contributed by atoms with Gasteiger partial charge in [-0.1, -0.05) is 32.9 Å². The van der Waals surface area contributed by atoms with Crippen LogP contribution in [0.2, 0.25) is 0 Å². The molecule has 2 N–H and O–H groups in total. The molecule has 0 atom stereocenters. The number of hydrazine groups is 1. The summed E-state index contributed by atoms with van der Waals surface area (Å²) < 4.78 is 24.6. The second-order valence-electron chi connectivity index (χ2n) is 6.48. The molecule has 1 heterocycles. The van der Waals surface area contributed by atoms with E-state index in [1.165, 1.54) is 0 Å². The van der Waals surface area contributed by atoms with Gasteiger partial charge in [-0.15, -0.1) is 4.83 Å². The van der Waals surface area contributed by atoms with E-state index < -0.39 is 10.0 Å². The number of anilines is 1. The van der Waals surface area contributed by atoms with Crippen LogP contribution in [-0.2, 0) is 15.4 Å². The molecule has 0 spiro atoms. The van der Waals surface area contributed by atoms with Gasteiger partial charge in [0.15, 0.2) is 0 Å². The second-order valence-corrected chi connectivity index (χ2v) is 8.16. The van der Waals surface area contributed by atoms with Gasteiger partial charge >= 0.3 is 0 Å². The maximum absolute atomic E-state index is 12.3. The van der Waals surface area contributed by atoms with E-state index in [2.05, 4.69) is 41.0 Å². The number of sulfonamides is 1. The molecule has 124 valence electrons. The molecule has 0 saturated carbocycles. The summed E-state index contributed by atoms with van der Waals surface area (Å²) in [5.74, 6) is 0.220. The van der Waals surface area contributed by atoms with E-state index in [-0.39, 0.29) is 16.3 Å². The van der Waals surface area contributed by atoms with Gasteiger partial charge in [-0.2, -0.15) is 0 Å². The summed E-state index contributed by atoms with van der Waals surface area (Å²) in [4.78, 5) is 10.7. The Kier molecular flexibility index (Phi) is 4.72. The van der Waals surface area contributed by atoms with Gasteiger partial charge in [-0.25, -0.2) is 18.4 Å². The van der Waals surface area contributed by atoms with Crippen LogP contribution in [0.3, 0.4) is 0 Å². The van der Waals surface area contributed by atoms with Gasteiger partial charge in [0.25, 0.3) is 10.0 Å². The van der Waals surface area contributed by atoms with Crippen LogP contribution in [0.15, 0.2) is 35.2 Å². The summed E-state index contributed by atoms with van der Waals surface area (Å²) in [5.41, 5.74) is 5.11. The molecule has 0 aliphatic heterocycles. The smallest absolute Gasteiger partial charge is 0.257 e. The zero-order valence-electron chi connectivity index (χ0n) is 14.0. The Labute approximate surface area is 137 Å². The number of aromatic nitrogens is 2. The molecule has 0 aliphatic rings. The Morgan fingerprint density at radius 3 is 1.96 bits per heavy atom. The number of nitrogens with one attached hydrogen (secondary N) is 2. The maximum atomic E-state index is 12.3. The molecule has 2 rings (SSSR count). The summed E-state index contributed by atoms with van der Waals surface area (Å²) in [6.45, 7) is 9.87. The Bertz CT molecular complexity index is 774. The topological polar surface area (TPSA) is 84.0 Å². The summed E-state index contributed by atoms with van der Waals surface area (Å²) >= 11 is 0. The fourth-order valence-corrected chi connectivity index (χ4v) is 2.93. The highest BCUT2D eigenvalue weighted by molar-refractivity contribution is 7.89. The van der Waals surface area contributed by atoms with Gasteiger partial charge < -0.3 is 0 Å². The van der Waals surface area contributed by atoms with E-state index in [4.69, 9.17) is 0 Å². The minimum absolute atomic E-state index is 0.0269. The van der Waals surface area contributed by atoms with Gasteiger partial charge in [-0.05, 0) is 43.0 Å². The van der Waals surface area contributed by atoms with E-state index in [0.717, 1.165) is 17.0 Å². The summed E-state index contributed by atoms with van der Waals surface area (Å²) in [5, 5.41) is 0. The first-order valence-electron chi connectivity index (χ1n) is 7.28. The monoisotopic (exact) mass is 334 g/mol. The Balaban J connectivity index is 2.15. The second kappa shape index (κ2) is 6.25. The van der Waals surface area contributed by atoms with Crippen LogP contribution in [0.5, 0.6) is 0 Å². The number of hydrogen-bond acceptors (Lipinski definition) is 5. The molecule has 0 unspecified atom stereocenters. The number of rotatable bonds is 4. The van der Waals surface area contributed by atoms with E-state index in [1.54, 1.807) is 12.1 Å². The van der Waals surface area contributed by atoms with Crippen LogP contribution in [0.25, 0.3) is 0 Å². The molecule has 0 amide bonds. The number of benzene rings is 1. The van der Waals surface area contributed by atoms with Crippen molar-refractivity contribution in [2.75, 3.05) is 5.43 Å². The van der Waals surface area contributed by atoms with E-state index >= 15 is 0 Å². The maximum Gasteiger partial charge on any atom is 0.257 e. The molecule has 23 heavy (non-hydrogen) atoms. The number of nitrogens with zero attached hydrogens (tertiary/aromatic N) is 2. The lowest BCUT2D eigenvalue weighted by Crippen LogP contribution is -2.30. The van der Waals surface area contributed by atoms with Crippen LogP contribution < -0.4 is 10.3 Å². The molecule has 0 bridgehead atoms. The quantitative estimate of drug-likeness (QED) is 0.840. The van der Waals surface area contributed by atoms with Gasteiger partial charge in [0, 0.05) is 11.4 Å². The minimum Gasteiger partial charge on any atom is -0.276 e. The van der Waals surface area contributed by atoms with Crippen LogP contribution >= 0.6 is 0 Å².